The normalized spacial score (nSPS) is 22.9. The molecule has 0 aromatic heterocycles. The molecule has 2 aliphatic rings. The maximum Gasteiger partial charge on any atom is 0.416 e. The zero-order chi connectivity index (χ0) is 25.9. The molecule has 4 rings (SSSR count). The number of nitrogens with one attached hydrogen (secondary N) is 3. The van der Waals surface area contributed by atoms with Gasteiger partial charge in [-0.3, -0.25) is 5.32 Å². The number of carbonyl (C=O) groups excluding carboxylic acids is 1. The standard InChI is InChI=1S/C23H24F3N3O6S/c1-31-15-7-14(8-16(9-15)32-2)27-21(36)29-17-10-33-20-18(11-34-19(17)20)35-22(30)28-13-5-3-4-12(6-13)23(24,25)26/h3-9,17-20H,10-11H2,1-2H3,(H,28,30)(H2,27,29,36). The van der Waals surface area contributed by atoms with Crippen LogP contribution in [0.5, 0.6) is 11.5 Å². The summed E-state index contributed by atoms with van der Waals surface area (Å²) in [6.45, 7) is 0.310. The van der Waals surface area contributed by atoms with Crippen LogP contribution in [0.3, 0.4) is 0 Å². The Morgan fingerprint density at radius 2 is 1.67 bits per heavy atom. The fraction of sp³-hybridized carbons (Fsp3) is 0.391. The predicted octanol–water partition coefficient (Wildman–Crippen LogP) is 3.79. The molecule has 9 nitrogen and oxygen atoms in total. The molecule has 2 fully saturated rings. The Morgan fingerprint density at radius 3 is 2.33 bits per heavy atom. The summed E-state index contributed by atoms with van der Waals surface area (Å²) >= 11 is 5.41. The van der Waals surface area contributed by atoms with Crippen LogP contribution in [0.25, 0.3) is 0 Å². The second-order valence-electron chi connectivity index (χ2n) is 8.05. The van der Waals surface area contributed by atoms with Crippen molar-refractivity contribution in [3.8, 4) is 11.5 Å². The lowest BCUT2D eigenvalue weighted by atomic mass is 10.1. The van der Waals surface area contributed by atoms with E-state index in [1.54, 1.807) is 32.4 Å². The van der Waals surface area contributed by atoms with Gasteiger partial charge in [-0.15, -0.1) is 0 Å². The highest BCUT2D eigenvalue weighted by Gasteiger charge is 2.49. The van der Waals surface area contributed by atoms with E-state index in [9.17, 15) is 18.0 Å². The largest absolute Gasteiger partial charge is 0.497 e. The minimum absolute atomic E-state index is 0.0391. The molecule has 2 aliphatic heterocycles. The first-order valence-corrected chi connectivity index (χ1v) is 11.3. The third-order valence-corrected chi connectivity index (χ3v) is 5.85. The Balaban J connectivity index is 1.30. The number of amides is 1. The van der Waals surface area contributed by atoms with Gasteiger partial charge in [0.05, 0.1) is 39.0 Å². The van der Waals surface area contributed by atoms with Crippen LogP contribution in [0.4, 0.5) is 29.3 Å². The van der Waals surface area contributed by atoms with E-state index in [4.69, 9.17) is 35.9 Å². The Hall–Kier alpha value is -3.29. The van der Waals surface area contributed by atoms with Crippen LogP contribution in [0.2, 0.25) is 0 Å². The molecule has 4 unspecified atom stereocenters. The first-order chi connectivity index (χ1) is 17.2. The number of methoxy groups -OCH3 is 2. The Labute approximate surface area is 210 Å². The van der Waals surface area contributed by atoms with Gasteiger partial charge in [0.2, 0.25) is 0 Å². The summed E-state index contributed by atoms with van der Waals surface area (Å²) in [5.41, 5.74) is -0.267. The lowest BCUT2D eigenvalue weighted by Gasteiger charge is -2.20. The molecule has 3 N–H and O–H groups in total. The number of hydrogen-bond donors (Lipinski definition) is 3. The number of benzene rings is 2. The number of thiocarbonyl (C=S) groups is 1. The van der Waals surface area contributed by atoms with Crippen LogP contribution in [-0.2, 0) is 20.4 Å². The molecule has 194 valence electrons. The maximum atomic E-state index is 12.9. The number of carbonyl (C=O) groups is 1. The zero-order valence-corrected chi connectivity index (χ0v) is 20.1. The molecule has 0 aliphatic carbocycles. The molecular weight excluding hydrogens is 503 g/mol. The van der Waals surface area contributed by atoms with E-state index in [0.29, 0.717) is 22.3 Å². The number of ether oxygens (including phenoxy) is 5. The molecule has 2 aromatic rings. The number of anilines is 2. The molecule has 0 saturated carbocycles. The van der Waals surface area contributed by atoms with Crippen molar-refractivity contribution < 1.29 is 41.7 Å². The van der Waals surface area contributed by atoms with E-state index in [1.807, 2.05) is 0 Å². The molecular formula is C23H24F3N3O6S. The minimum Gasteiger partial charge on any atom is -0.497 e. The van der Waals surface area contributed by atoms with Gasteiger partial charge in [-0.05, 0) is 30.4 Å². The van der Waals surface area contributed by atoms with Crippen molar-refractivity contribution in [2.75, 3.05) is 38.1 Å². The fourth-order valence-corrected chi connectivity index (χ4v) is 4.23. The van der Waals surface area contributed by atoms with E-state index < -0.39 is 36.1 Å². The van der Waals surface area contributed by atoms with Crippen LogP contribution in [0.1, 0.15) is 5.56 Å². The second kappa shape index (κ2) is 10.8. The third kappa shape index (κ3) is 6.09. The fourth-order valence-electron chi connectivity index (χ4n) is 3.96. The summed E-state index contributed by atoms with van der Waals surface area (Å²) in [7, 11) is 3.09. The summed E-state index contributed by atoms with van der Waals surface area (Å²) in [6.07, 6.45) is -7.18. The molecule has 2 saturated heterocycles. The SMILES string of the molecule is COc1cc(NC(=S)NC2COC3C(OC(=O)Nc4cccc(C(F)(F)F)c4)COC23)cc(OC)c1. The van der Waals surface area contributed by atoms with Crippen molar-refractivity contribution in [3.05, 3.63) is 48.0 Å². The van der Waals surface area contributed by atoms with Crippen molar-refractivity contribution >= 4 is 34.8 Å². The maximum absolute atomic E-state index is 12.9. The van der Waals surface area contributed by atoms with Crippen molar-refractivity contribution in [1.82, 2.24) is 5.32 Å². The van der Waals surface area contributed by atoms with Gasteiger partial charge in [0, 0.05) is 29.6 Å². The Bertz CT molecular complexity index is 1100. The lowest BCUT2D eigenvalue weighted by Crippen LogP contribution is -2.46. The molecule has 2 aromatic carbocycles. The van der Waals surface area contributed by atoms with Gasteiger partial charge in [0.15, 0.2) is 11.2 Å². The number of fused-ring (bicyclic) bond motifs is 1. The van der Waals surface area contributed by atoms with E-state index in [0.717, 1.165) is 12.1 Å². The van der Waals surface area contributed by atoms with Crippen molar-refractivity contribution in [2.45, 2.75) is 30.5 Å². The zero-order valence-electron chi connectivity index (χ0n) is 19.3. The van der Waals surface area contributed by atoms with E-state index >= 15 is 0 Å². The number of rotatable bonds is 6. The molecule has 13 heteroatoms. The molecule has 1 amide bonds. The van der Waals surface area contributed by atoms with Crippen LogP contribution in [0.15, 0.2) is 42.5 Å². The van der Waals surface area contributed by atoms with E-state index in [1.165, 1.54) is 12.1 Å². The summed E-state index contributed by atoms with van der Waals surface area (Å²) < 4.78 is 66.1. The topological polar surface area (TPSA) is 99.3 Å². The van der Waals surface area contributed by atoms with E-state index in [2.05, 4.69) is 16.0 Å². The molecule has 2 heterocycles. The highest BCUT2D eigenvalue weighted by atomic mass is 32.1. The number of halogens is 3. The van der Waals surface area contributed by atoms with Gasteiger partial charge in [0.25, 0.3) is 0 Å². The molecule has 0 radical (unpaired) electrons. The summed E-state index contributed by atoms with van der Waals surface area (Å²) in [5, 5.41) is 8.82. The summed E-state index contributed by atoms with van der Waals surface area (Å²) in [5.74, 6) is 1.18. The van der Waals surface area contributed by atoms with E-state index in [-0.39, 0.29) is 24.9 Å². The van der Waals surface area contributed by atoms with Crippen LogP contribution in [-0.4, -0.2) is 63.0 Å². The van der Waals surface area contributed by atoms with Crippen LogP contribution >= 0.6 is 12.2 Å². The minimum atomic E-state index is -4.53. The highest BCUT2D eigenvalue weighted by Crippen LogP contribution is 2.32. The van der Waals surface area contributed by atoms with Gasteiger partial charge in [-0.2, -0.15) is 13.2 Å². The van der Waals surface area contributed by atoms with Crippen molar-refractivity contribution in [3.63, 3.8) is 0 Å². The Morgan fingerprint density at radius 1 is 0.972 bits per heavy atom. The van der Waals surface area contributed by atoms with Crippen molar-refractivity contribution in [1.29, 1.82) is 0 Å². The van der Waals surface area contributed by atoms with Crippen LogP contribution < -0.4 is 25.4 Å². The van der Waals surface area contributed by atoms with Crippen LogP contribution in [0, 0.1) is 0 Å². The van der Waals surface area contributed by atoms with Gasteiger partial charge < -0.3 is 34.3 Å². The molecule has 0 bridgehead atoms. The van der Waals surface area contributed by atoms with Gasteiger partial charge >= 0.3 is 12.3 Å². The van der Waals surface area contributed by atoms with Gasteiger partial charge in [0.1, 0.15) is 23.7 Å². The molecule has 4 atom stereocenters. The summed E-state index contributed by atoms with van der Waals surface area (Å²) in [6, 6.07) is 9.19. The average molecular weight is 528 g/mol. The van der Waals surface area contributed by atoms with Gasteiger partial charge in [-0.1, -0.05) is 6.07 Å². The highest BCUT2D eigenvalue weighted by molar-refractivity contribution is 7.80. The number of hydrogen-bond acceptors (Lipinski definition) is 7. The van der Waals surface area contributed by atoms with Gasteiger partial charge in [-0.25, -0.2) is 4.79 Å². The molecule has 36 heavy (non-hydrogen) atoms. The lowest BCUT2D eigenvalue weighted by molar-refractivity contribution is -0.137. The first kappa shape index (κ1) is 25.8. The second-order valence-corrected chi connectivity index (χ2v) is 8.46. The number of alkyl halides is 3. The quantitative estimate of drug-likeness (QED) is 0.485. The first-order valence-electron chi connectivity index (χ1n) is 10.8. The third-order valence-electron chi connectivity index (χ3n) is 5.63. The Kier molecular flexibility index (Phi) is 7.71. The predicted molar refractivity (Wildman–Crippen MR) is 128 cm³/mol. The molecule has 0 spiro atoms. The average Bonchev–Trinajstić information content (AvgIpc) is 3.41. The summed E-state index contributed by atoms with van der Waals surface area (Å²) in [4.78, 5) is 12.3. The monoisotopic (exact) mass is 527 g/mol. The van der Waals surface area contributed by atoms with Crippen molar-refractivity contribution in [2.24, 2.45) is 0 Å². The smallest absolute Gasteiger partial charge is 0.416 e.